The van der Waals surface area contributed by atoms with Gasteiger partial charge in [0.25, 0.3) is 5.91 Å². The predicted octanol–water partition coefficient (Wildman–Crippen LogP) is 2.95. The van der Waals surface area contributed by atoms with Crippen LogP contribution in [-0.4, -0.2) is 55.1 Å². The Hall–Kier alpha value is -3.17. The summed E-state index contributed by atoms with van der Waals surface area (Å²) in [6, 6.07) is 7.73. The molecule has 6 heterocycles. The molecule has 0 bridgehead atoms. The summed E-state index contributed by atoms with van der Waals surface area (Å²) in [6.07, 6.45) is 9.15. The maximum atomic E-state index is 13.2. The molecule has 2 aliphatic heterocycles. The third-order valence-corrected chi connectivity index (χ3v) is 7.55. The second-order valence-electron chi connectivity index (χ2n) is 7.88. The van der Waals surface area contributed by atoms with Gasteiger partial charge in [0.15, 0.2) is 5.65 Å². The lowest BCUT2D eigenvalue weighted by molar-refractivity contribution is -0.0906. The van der Waals surface area contributed by atoms with Crippen LogP contribution in [0, 0.1) is 0 Å². The molecule has 1 fully saturated rings. The van der Waals surface area contributed by atoms with Gasteiger partial charge in [0.1, 0.15) is 17.6 Å². The van der Waals surface area contributed by atoms with Crippen molar-refractivity contribution in [2.45, 2.75) is 24.9 Å². The number of likely N-dealkylation sites (tertiary alicyclic amines) is 1. The van der Waals surface area contributed by atoms with Gasteiger partial charge in [-0.15, -0.1) is 11.3 Å². The Labute approximate surface area is 182 Å². The topological polar surface area (TPSA) is 85.5 Å². The summed E-state index contributed by atoms with van der Waals surface area (Å²) in [6.45, 7) is 1.99. The molecule has 31 heavy (non-hydrogen) atoms. The fourth-order valence-electron chi connectivity index (χ4n) is 4.59. The van der Waals surface area contributed by atoms with Crippen molar-refractivity contribution >= 4 is 22.9 Å². The van der Waals surface area contributed by atoms with E-state index in [2.05, 4.69) is 26.1 Å². The number of nitrogens with zero attached hydrogens (tertiary/aromatic N) is 6. The molecule has 156 valence electrons. The minimum Gasteiger partial charge on any atom is -0.369 e. The smallest absolute Gasteiger partial charge is 0.272 e. The molecule has 6 rings (SSSR count). The van der Waals surface area contributed by atoms with Crippen LogP contribution in [0.1, 0.15) is 33.8 Å². The van der Waals surface area contributed by atoms with Gasteiger partial charge in [-0.2, -0.15) is 5.10 Å². The minimum absolute atomic E-state index is 0.0200. The Balaban J connectivity index is 1.26. The van der Waals surface area contributed by atoms with Crippen LogP contribution >= 0.6 is 11.3 Å². The lowest BCUT2D eigenvalue weighted by Gasteiger charge is -2.43. The summed E-state index contributed by atoms with van der Waals surface area (Å²) in [4.78, 5) is 30.3. The number of amides is 1. The van der Waals surface area contributed by atoms with Crippen molar-refractivity contribution in [2.75, 3.05) is 19.7 Å². The highest BCUT2D eigenvalue weighted by Crippen LogP contribution is 2.47. The first-order valence-electron chi connectivity index (χ1n) is 10.4. The summed E-state index contributed by atoms with van der Waals surface area (Å²) in [5.74, 6) is -0.0200. The number of fused-ring (bicyclic) bond motifs is 3. The highest BCUT2D eigenvalue weighted by Gasteiger charge is 2.43. The van der Waals surface area contributed by atoms with Crippen LogP contribution in [0.25, 0.3) is 16.2 Å². The van der Waals surface area contributed by atoms with E-state index in [1.807, 2.05) is 17.0 Å². The van der Waals surface area contributed by atoms with Crippen molar-refractivity contribution < 1.29 is 9.53 Å². The van der Waals surface area contributed by atoms with Gasteiger partial charge in [-0.25, -0.2) is 9.50 Å². The van der Waals surface area contributed by atoms with E-state index >= 15 is 0 Å². The van der Waals surface area contributed by atoms with Crippen LogP contribution in [0.3, 0.4) is 0 Å². The number of hydrogen-bond donors (Lipinski definition) is 0. The van der Waals surface area contributed by atoms with Crippen LogP contribution in [-0.2, 0) is 16.8 Å². The predicted molar refractivity (Wildman–Crippen MR) is 115 cm³/mol. The molecule has 0 N–H and O–H groups in total. The highest BCUT2D eigenvalue weighted by atomic mass is 32.1. The Kier molecular flexibility index (Phi) is 4.32. The van der Waals surface area contributed by atoms with E-state index in [0.717, 1.165) is 29.8 Å². The summed E-state index contributed by atoms with van der Waals surface area (Å²) in [5.41, 5.74) is 3.12. The summed E-state index contributed by atoms with van der Waals surface area (Å²) < 4.78 is 7.99. The molecular formula is C22H20N6O2S. The molecule has 1 spiro atoms. The molecule has 4 aromatic heterocycles. The van der Waals surface area contributed by atoms with Gasteiger partial charge in [-0.3, -0.25) is 14.8 Å². The van der Waals surface area contributed by atoms with E-state index in [1.165, 1.54) is 16.8 Å². The summed E-state index contributed by atoms with van der Waals surface area (Å²) in [5, 5.41) is 4.20. The number of rotatable bonds is 2. The monoisotopic (exact) mass is 432 g/mol. The van der Waals surface area contributed by atoms with Gasteiger partial charge in [-0.1, -0.05) is 6.07 Å². The lowest BCUT2D eigenvalue weighted by atomic mass is 9.85. The van der Waals surface area contributed by atoms with Crippen LogP contribution in [0.4, 0.5) is 0 Å². The van der Waals surface area contributed by atoms with Crippen molar-refractivity contribution in [3.05, 3.63) is 65.3 Å². The standard InChI is InChI=1S/C22H20N6O2S/c29-21(17-2-1-3-19-25-14-26-28(17)19)27-9-5-22(6-10-27)20-15(4-11-30-22)12-18(31-20)16-13-23-7-8-24-16/h1-3,7-8,12-14H,4-6,9-11H2. The van der Waals surface area contributed by atoms with E-state index in [-0.39, 0.29) is 11.5 Å². The fraction of sp³-hybridized carbons (Fsp3) is 0.318. The average Bonchev–Trinajstić information content (AvgIpc) is 3.48. The minimum atomic E-state index is -0.325. The molecule has 1 amide bonds. The van der Waals surface area contributed by atoms with Crippen molar-refractivity contribution in [2.24, 2.45) is 0 Å². The number of hydrogen-bond acceptors (Lipinski definition) is 7. The van der Waals surface area contributed by atoms with Crippen LogP contribution in [0.5, 0.6) is 0 Å². The first-order valence-corrected chi connectivity index (χ1v) is 11.2. The highest BCUT2D eigenvalue weighted by molar-refractivity contribution is 7.15. The Morgan fingerprint density at radius 3 is 2.90 bits per heavy atom. The van der Waals surface area contributed by atoms with E-state index in [1.54, 1.807) is 40.5 Å². The molecule has 4 aromatic rings. The summed E-state index contributed by atoms with van der Waals surface area (Å²) in [7, 11) is 0. The Morgan fingerprint density at radius 1 is 1.16 bits per heavy atom. The quantitative estimate of drug-likeness (QED) is 0.484. The lowest BCUT2D eigenvalue weighted by Crippen LogP contribution is -2.48. The number of carbonyl (C=O) groups excluding carboxylic acids is 1. The van der Waals surface area contributed by atoms with E-state index in [0.29, 0.717) is 31.0 Å². The Bertz CT molecular complexity index is 1260. The molecule has 1 saturated heterocycles. The van der Waals surface area contributed by atoms with E-state index in [4.69, 9.17) is 4.74 Å². The zero-order valence-electron chi connectivity index (χ0n) is 16.8. The van der Waals surface area contributed by atoms with Gasteiger partial charge < -0.3 is 9.64 Å². The van der Waals surface area contributed by atoms with Gasteiger partial charge in [0.05, 0.1) is 23.4 Å². The normalized spacial score (nSPS) is 17.7. The number of ether oxygens (including phenoxy) is 1. The zero-order chi connectivity index (χ0) is 20.8. The third kappa shape index (κ3) is 3.03. The maximum Gasteiger partial charge on any atom is 0.272 e. The number of aromatic nitrogens is 5. The molecule has 0 aliphatic carbocycles. The maximum absolute atomic E-state index is 13.2. The second-order valence-corrected chi connectivity index (χ2v) is 8.93. The largest absolute Gasteiger partial charge is 0.369 e. The molecule has 0 aromatic carbocycles. The van der Waals surface area contributed by atoms with E-state index < -0.39 is 0 Å². The number of carbonyl (C=O) groups is 1. The average molecular weight is 433 g/mol. The van der Waals surface area contributed by atoms with Gasteiger partial charge >= 0.3 is 0 Å². The first kappa shape index (κ1) is 18.6. The molecule has 0 saturated carbocycles. The molecule has 0 unspecified atom stereocenters. The molecular weight excluding hydrogens is 412 g/mol. The zero-order valence-corrected chi connectivity index (χ0v) is 17.6. The molecule has 9 heteroatoms. The molecule has 0 atom stereocenters. The molecule has 0 radical (unpaired) electrons. The number of thiophene rings is 1. The first-order chi connectivity index (χ1) is 15.2. The third-order valence-electron chi connectivity index (χ3n) is 6.17. The van der Waals surface area contributed by atoms with Crippen LogP contribution in [0.15, 0.2) is 49.2 Å². The SMILES string of the molecule is O=C(c1cccc2ncnn12)N1CCC2(CC1)OCCc1cc(-c3cnccn3)sc12. The van der Waals surface area contributed by atoms with Gasteiger partial charge in [0, 0.05) is 30.4 Å². The van der Waals surface area contributed by atoms with Crippen molar-refractivity contribution in [1.82, 2.24) is 29.5 Å². The number of pyridine rings is 1. The van der Waals surface area contributed by atoms with Gasteiger partial charge in [0.2, 0.25) is 0 Å². The van der Waals surface area contributed by atoms with Gasteiger partial charge in [-0.05, 0) is 43.0 Å². The van der Waals surface area contributed by atoms with Crippen molar-refractivity contribution in [3.63, 3.8) is 0 Å². The molecule has 2 aliphatic rings. The number of piperidine rings is 1. The summed E-state index contributed by atoms with van der Waals surface area (Å²) >= 11 is 1.75. The van der Waals surface area contributed by atoms with Crippen molar-refractivity contribution in [1.29, 1.82) is 0 Å². The van der Waals surface area contributed by atoms with Crippen LogP contribution in [0.2, 0.25) is 0 Å². The second kappa shape index (κ2) is 7.21. The van der Waals surface area contributed by atoms with Crippen molar-refractivity contribution in [3.8, 4) is 10.6 Å². The molecule has 8 nitrogen and oxygen atoms in total. The van der Waals surface area contributed by atoms with E-state index in [9.17, 15) is 4.79 Å². The van der Waals surface area contributed by atoms with Crippen LogP contribution < -0.4 is 0 Å². The Morgan fingerprint density at radius 2 is 2.06 bits per heavy atom. The fourth-order valence-corrected chi connectivity index (χ4v) is 5.96.